The van der Waals surface area contributed by atoms with Gasteiger partial charge in [0.1, 0.15) is 110 Å². The molecule has 0 aromatic heterocycles. The lowest BCUT2D eigenvalue weighted by Gasteiger charge is -2.59. The average Bonchev–Trinajstić information content (AvgIpc) is 1.94. The molecule has 478 valence electrons. The highest BCUT2D eigenvalue weighted by atomic mass is 32.3. The Labute approximate surface area is 481 Å². The Bertz CT molecular complexity index is 2360. The van der Waals surface area contributed by atoms with Crippen LogP contribution in [0.4, 0.5) is 0 Å². The molecule has 5 aliphatic heterocycles. The summed E-state index contributed by atoms with van der Waals surface area (Å²) in [6, 6.07) is 0. The number of ketones is 1. The van der Waals surface area contributed by atoms with Gasteiger partial charge in [0.15, 0.2) is 31.5 Å². The van der Waals surface area contributed by atoms with Crippen LogP contribution in [0.2, 0.25) is 0 Å². The Kier molecular flexibility index (Phi) is 20.4. The van der Waals surface area contributed by atoms with Crippen LogP contribution in [0.1, 0.15) is 99.8 Å². The third-order valence-electron chi connectivity index (χ3n) is 20.1. The first-order valence-electron chi connectivity index (χ1n) is 29.0. The number of allylic oxidation sites excluding steroid dienone is 2. The number of hydrogen-bond acceptors (Lipinski definition) is 27. The van der Waals surface area contributed by atoms with Gasteiger partial charge >= 0.3 is 10.4 Å². The van der Waals surface area contributed by atoms with E-state index in [0.29, 0.717) is 19.3 Å². The lowest BCUT2D eigenvalue weighted by molar-refractivity contribution is -0.407. The van der Waals surface area contributed by atoms with Crippen LogP contribution in [0.25, 0.3) is 0 Å². The van der Waals surface area contributed by atoms with E-state index >= 15 is 0 Å². The molecule has 14 N–H and O–H groups in total. The van der Waals surface area contributed by atoms with Gasteiger partial charge in [-0.25, -0.2) is 4.18 Å². The number of ether oxygens (including phenoxy) is 10. The van der Waals surface area contributed by atoms with Gasteiger partial charge in [0.05, 0.1) is 43.7 Å². The van der Waals surface area contributed by atoms with Crippen LogP contribution in [-0.4, -0.2) is 264 Å². The molecular formula is C54H88O28S. The maximum absolute atomic E-state index is 12.5. The van der Waals surface area contributed by atoms with Gasteiger partial charge in [-0.3, -0.25) is 4.55 Å². The first kappa shape index (κ1) is 65.8. The molecule has 28 nitrogen and oxygen atoms in total. The van der Waals surface area contributed by atoms with Crippen LogP contribution < -0.4 is 0 Å². The summed E-state index contributed by atoms with van der Waals surface area (Å²) in [5.74, 6) is 0.0138. The molecule has 34 atom stereocenters. The number of fused-ring (bicyclic) bond motifs is 5. The van der Waals surface area contributed by atoms with Crippen molar-refractivity contribution in [3.63, 3.8) is 0 Å². The third-order valence-corrected chi connectivity index (χ3v) is 20.6. The van der Waals surface area contributed by atoms with Gasteiger partial charge in [-0.1, -0.05) is 32.4 Å². The quantitative estimate of drug-likeness (QED) is 0.0497. The zero-order valence-electron chi connectivity index (χ0n) is 47.5. The van der Waals surface area contributed by atoms with Gasteiger partial charge in [-0.05, 0) is 113 Å². The molecule has 29 heteroatoms. The van der Waals surface area contributed by atoms with Crippen LogP contribution in [0.5, 0.6) is 0 Å². The highest BCUT2D eigenvalue weighted by Crippen LogP contribution is 2.67. The Balaban J connectivity index is 1.01. The molecule has 0 unspecified atom stereocenters. The van der Waals surface area contributed by atoms with Crippen molar-refractivity contribution in [3.8, 4) is 0 Å². The van der Waals surface area contributed by atoms with Crippen molar-refractivity contribution in [1.82, 2.24) is 0 Å². The van der Waals surface area contributed by atoms with Crippen molar-refractivity contribution in [3.05, 3.63) is 11.6 Å². The molecule has 9 aliphatic rings. The molecule has 0 spiro atoms. The Morgan fingerprint density at radius 1 is 0.590 bits per heavy atom. The van der Waals surface area contributed by atoms with E-state index in [-0.39, 0.29) is 47.7 Å². The summed E-state index contributed by atoms with van der Waals surface area (Å²) < 4.78 is 100. The lowest BCUT2D eigenvalue weighted by atomic mass is 9.47. The number of rotatable bonds is 17. The number of Topliss-reactive ketones (excluding diaryl/α,β-unsaturated/α-hetero) is 1. The highest BCUT2D eigenvalue weighted by molar-refractivity contribution is 7.80. The second-order valence-electron chi connectivity index (χ2n) is 25.4. The largest absolute Gasteiger partial charge is 0.397 e. The van der Waals surface area contributed by atoms with Gasteiger partial charge in [-0.15, -0.1) is 0 Å². The van der Waals surface area contributed by atoms with Gasteiger partial charge < -0.3 is 119 Å². The molecule has 8 fully saturated rings. The zero-order chi connectivity index (χ0) is 60.7. The SMILES string of the molecule is CC(=O)C[C@@H](C)[C@H]1CC[C@H]2[C@@H]3C[C@H](O[C@@H]4O[C@H](CO)[C@H](O)[C@H](O[C@@H]5O[C@H](C)[C@@H](O[C@@H]6O[C@H](CO)[C@H](O)[C@H](O)[C@H]6O[C@@H]6O[C@H](C)[C@H](O)[C@H](O)[C@H]6O)[C@H](O)[C@H]5O[C@@H]5O[C@H](C)[C@@H](O)[C@H](O)[C@H]5O)[C@H]4O)[C@H]4C[C@@H](OS(=O)(=O)O)CC[C@]4(C)C3=CC[C@]12C. The van der Waals surface area contributed by atoms with Crippen molar-refractivity contribution in [2.75, 3.05) is 13.2 Å². The molecule has 5 saturated heterocycles. The van der Waals surface area contributed by atoms with Crippen LogP contribution in [0.3, 0.4) is 0 Å². The standard InChI is InChI=1S/C54H88O28S/c1-19(14-20(2)57)26-8-9-27-25-16-30(29-15-24(82-83(69,70)71)10-12-54(29,7)28(25)11-13-53(26,27)6)75-50-43(68)45(36(61)32(18-56)76-50)79-51-47(81-49-41(66)38(63)34(59)22(4)73-49)42(67)44(23(5)74-51)78-52-46(39(64)35(60)31(17-55)77-52)80-48-40(65)37(62)33(58)21(3)72-48/h11,19,21-27,29-52,55-56,58-68H,8-10,12-18H2,1-7H3,(H,69,70,71)/t19-,21-,22-,23-,24+,25+,26-,27+,29-,30+,31-,32-,33+,34-,35+,36+,37+,38+,39+,40-,41-,42+,43-,44-,45+,46-,47-,48+,49+,50-,51+,52+,53-,54-/m1/s1. The molecule has 0 bridgehead atoms. The van der Waals surface area contributed by atoms with Crippen molar-refractivity contribution >= 4 is 16.2 Å². The highest BCUT2D eigenvalue weighted by Gasteiger charge is 2.63. The predicted octanol–water partition coefficient (Wildman–Crippen LogP) is -3.46. The lowest BCUT2D eigenvalue weighted by Crippen LogP contribution is -2.68. The van der Waals surface area contributed by atoms with Gasteiger partial charge in [0.25, 0.3) is 0 Å². The van der Waals surface area contributed by atoms with E-state index in [1.165, 1.54) is 26.3 Å². The molecule has 3 saturated carbocycles. The molecular weight excluding hydrogens is 1130 g/mol. The molecule has 4 aliphatic carbocycles. The van der Waals surface area contributed by atoms with Crippen molar-refractivity contribution in [2.45, 2.75) is 266 Å². The fourth-order valence-electron chi connectivity index (χ4n) is 15.6. The number of hydrogen-bond donors (Lipinski definition) is 14. The summed E-state index contributed by atoms with van der Waals surface area (Å²) in [4.78, 5) is 12.4. The zero-order valence-corrected chi connectivity index (χ0v) is 48.3. The van der Waals surface area contributed by atoms with Crippen LogP contribution >= 0.6 is 0 Å². The minimum absolute atomic E-state index is 0.0755. The molecule has 0 aromatic carbocycles. The fraction of sp³-hybridized carbons (Fsp3) is 0.944. The second-order valence-corrected chi connectivity index (χ2v) is 26.4. The van der Waals surface area contributed by atoms with Gasteiger partial charge in [-0.2, -0.15) is 8.42 Å². The smallest absolute Gasteiger partial charge is 0.394 e. The van der Waals surface area contributed by atoms with Gasteiger partial charge in [0, 0.05) is 6.42 Å². The normalized spacial score (nSPS) is 52.6. The number of carbonyl (C=O) groups is 1. The minimum atomic E-state index is -4.88. The maximum atomic E-state index is 12.5. The Morgan fingerprint density at radius 2 is 1.11 bits per heavy atom. The van der Waals surface area contributed by atoms with E-state index in [9.17, 15) is 84.1 Å². The summed E-state index contributed by atoms with van der Waals surface area (Å²) in [6.07, 6.45) is -39.2. The topological polar surface area (TPSA) is 436 Å². The Morgan fingerprint density at radius 3 is 1.69 bits per heavy atom. The third kappa shape index (κ3) is 12.8. The summed E-state index contributed by atoms with van der Waals surface area (Å²) >= 11 is 0. The molecule has 9 rings (SSSR count). The number of carbonyl (C=O) groups excluding carboxylic acids is 1. The monoisotopic (exact) mass is 1220 g/mol. The molecule has 0 amide bonds. The van der Waals surface area contributed by atoms with Crippen molar-refractivity contribution < 1.29 is 136 Å². The van der Waals surface area contributed by atoms with Crippen LogP contribution in [0.15, 0.2) is 11.6 Å². The van der Waals surface area contributed by atoms with Gasteiger partial charge in [0.2, 0.25) is 0 Å². The molecule has 0 radical (unpaired) electrons. The van der Waals surface area contributed by atoms with E-state index in [0.717, 1.165) is 19.3 Å². The average molecular weight is 1220 g/mol. The molecule has 83 heavy (non-hydrogen) atoms. The van der Waals surface area contributed by atoms with Crippen LogP contribution in [-0.2, 0) is 66.7 Å². The van der Waals surface area contributed by atoms with Crippen LogP contribution in [0, 0.1) is 40.4 Å². The molecule has 0 aromatic rings. The Hall–Kier alpha value is -1.64. The first-order chi connectivity index (χ1) is 38.9. The summed E-state index contributed by atoms with van der Waals surface area (Å²) in [5.41, 5.74) is 0.373. The minimum Gasteiger partial charge on any atom is -0.394 e. The summed E-state index contributed by atoms with van der Waals surface area (Å²) in [5, 5.41) is 144. The van der Waals surface area contributed by atoms with Crippen molar-refractivity contribution in [2.24, 2.45) is 40.4 Å². The van der Waals surface area contributed by atoms with E-state index in [2.05, 4.69) is 26.8 Å². The summed E-state index contributed by atoms with van der Waals surface area (Å²) in [7, 11) is -4.88. The first-order valence-corrected chi connectivity index (χ1v) is 30.4. The maximum Gasteiger partial charge on any atom is 0.397 e. The predicted molar refractivity (Wildman–Crippen MR) is 276 cm³/mol. The molecule has 5 heterocycles. The number of aliphatic hydroxyl groups is 13. The van der Waals surface area contributed by atoms with E-state index in [1.807, 2.05) is 0 Å². The fourth-order valence-corrected chi connectivity index (χ4v) is 16.1. The van der Waals surface area contributed by atoms with E-state index < -0.39 is 201 Å². The second kappa shape index (κ2) is 25.7. The van der Waals surface area contributed by atoms with E-state index in [4.69, 9.17) is 51.6 Å². The van der Waals surface area contributed by atoms with Crippen molar-refractivity contribution in [1.29, 1.82) is 0 Å². The summed E-state index contributed by atoms with van der Waals surface area (Å²) in [6.45, 7) is 10.4. The van der Waals surface area contributed by atoms with E-state index in [1.54, 1.807) is 6.92 Å². The number of aliphatic hydroxyl groups excluding tert-OH is 13.